The first kappa shape index (κ1) is 6.51. The Morgan fingerprint density at radius 2 is 2.33 bits per heavy atom. The van der Waals surface area contributed by atoms with Crippen molar-refractivity contribution in [2.75, 3.05) is 19.6 Å². The number of carbonyl (C=O) groups excluding carboxylic acids is 1. The van der Waals surface area contributed by atoms with Crippen molar-refractivity contribution in [2.24, 2.45) is 0 Å². The Hall–Kier alpha value is -0.610. The molecular formula is C5H9N2O2-. The lowest BCUT2D eigenvalue weighted by Crippen LogP contribution is -2.56. The standard InChI is InChI=1S/C5H10N2O2/c8-5(9)4-3-6-1-2-7-4/h4,6-7H,1-3H2,(H,8,9)/p-1/t4-/m0/s1. The lowest BCUT2D eigenvalue weighted by Gasteiger charge is -2.24. The van der Waals surface area contributed by atoms with Crippen molar-refractivity contribution in [3.63, 3.8) is 0 Å². The average Bonchev–Trinajstić information content (AvgIpc) is 1.90. The first-order valence-corrected chi connectivity index (χ1v) is 2.95. The minimum atomic E-state index is -1.03. The topological polar surface area (TPSA) is 64.2 Å². The van der Waals surface area contributed by atoms with Crippen LogP contribution in [-0.4, -0.2) is 31.6 Å². The fourth-order valence-electron chi connectivity index (χ4n) is 0.820. The lowest BCUT2D eigenvalue weighted by atomic mass is 10.2. The molecule has 1 fully saturated rings. The van der Waals surface area contributed by atoms with E-state index in [1.54, 1.807) is 0 Å². The second-order valence-electron chi connectivity index (χ2n) is 2.03. The number of nitrogens with one attached hydrogen (secondary N) is 2. The third-order valence-electron chi connectivity index (χ3n) is 1.33. The zero-order chi connectivity index (χ0) is 6.69. The fraction of sp³-hybridized carbons (Fsp3) is 0.800. The molecule has 2 N–H and O–H groups in total. The molecule has 0 spiro atoms. The average molecular weight is 129 g/mol. The third-order valence-corrected chi connectivity index (χ3v) is 1.33. The number of hydrogen-bond acceptors (Lipinski definition) is 4. The van der Waals surface area contributed by atoms with Gasteiger partial charge in [0.15, 0.2) is 0 Å². The maximum atomic E-state index is 10.1. The molecule has 0 unspecified atom stereocenters. The number of carboxylic acids is 1. The summed E-state index contributed by atoms with van der Waals surface area (Å²) in [5, 5.41) is 15.9. The van der Waals surface area contributed by atoms with Gasteiger partial charge in [-0.1, -0.05) is 0 Å². The van der Waals surface area contributed by atoms with Crippen molar-refractivity contribution in [1.82, 2.24) is 10.6 Å². The van der Waals surface area contributed by atoms with E-state index in [0.29, 0.717) is 13.1 Å². The van der Waals surface area contributed by atoms with Crippen LogP contribution in [0.2, 0.25) is 0 Å². The number of aliphatic carboxylic acids is 1. The van der Waals surface area contributed by atoms with Crippen LogP contribution < -0.4 is 15.7 Å². The second kappa shape index (κ2) is 2.80. The van der Waals surface area contributed by atoms with E-state index in [-0.39, 0.29) is 0 Å². The quantitative estimate of drug-likeness (QED) is 0.404. The Bertz CT molecular complexity index is 110. The van der Waals surface area contributed by atoms with Gasteiger partial charge >= 0.3 is 0 Å². The summed E-state index contributed by atoms with van der Waals surface area (Å²) in [6.07, 6.45) is 0. The van der Waals surface area contributed by atoms with Crippen molar-refractivity contribution in [1.29, 1.82) is 0 Å². The van der Waals surface area contributed by atoms with Crippen LogP contribution >= 0.6 is 0 Å². The van der Waals surface area contributed by atoms with Crippen LogP contribution in [-0.2, 0) is 4.79 Å². The molecule has 1 rings (SSSR count). The second-order valence-corrected chi connectivity index (χ2v) is 2.03. The van der Waals surface area contributed by atoms with Crippen molar-refractivity contribution in [3.8, 4) is 0 Å². The molecule has 0 aliphatic carbocycles. The number of rotatable bonds is 1. The SMILES string of the molecule is O=C([O-])[C@@H]1CNCCN1. The summed E-state index contributed by atoms with van der Waals surface area (Å²) in [7, 11) is 0. The van der Waals surface area contributed by atoms with Crippen LogP contribution in [0.4, 0.5) is 0 Å². The normalized spacial score (nSPS) is 27.8. The maximum Gasteiger partial charge on any atom is 0.0597 e. The summed E-state index contributed by atoms with van der Waals surface area (Å²) < 4.78 is 0. The first-order valence-electron chi connectivity index (χ1n) is 2.95. The molecule has 1 saturated heterocycles. The molecule has 1 aliphatic heterocycles. The Kier molecular flexibility index (Phi) is 2.02. The van der Waals surface area contributed by atoms with Crippen molar-refractivity contribution < 1.29 is 9.90 Å². The predicted molar refractivity (Wildman–Crippen MR) is 29.7 cm³/mol. The van der Waals surface area contributed by atoms with Gasteiger partial charge in [0, 0.05) is 19.6 Å². The summed E-state index contributed by atoms with van der Waals surface area (Å²) in [5.74, 6) is -1.03. The molecule has 0 aromatic rings. The van der Waals surface area contributed by atoms with Gasteiger partial charge in [0.2, 0.25) is 0 Å². The van der Waals surface area contributed by atoms with Gasteiger partial charge in [0.25, 0.3) is 0 Å². The zero-order valence-electron chi connectivity index (χ0n) is 5.02. The smallest absolute Gasteiger partial charge is 0.0597 e. The molecule has 1 aliphatic rings. The molecule has 9 heavy (non-hydrogen) atoms. The minimum Gasteiger partial charge on any atom is -0.548 e. The van der Waals surface area contributed by atoms with E-state index in [1.165, 1.54) is 0 Å². The maximum absolute atomic E-state index is 10.1. The molecule has 52 valence electrons. The van der Waals surface area contributed by atoms with Gasteiger partial charge in [0.05, 0.1) is 12.0 Å². The minimum absolute atomic E-state index is 0.475. The Balaban J connectivity index is 2.31. The molecule has 0 amide bonds. The van der Waals surface area contributed by atoms with Crippen LogP contribution in [0.25, 0.3) is 0 Å². The van der Waals surface area contributed by atoms with Crippen LogP contribution in [0, 0.1) is 0 Å². The van der Waals surface area contributed by atoms with E-state index in [9.17, 15) is 9.90 Å². The van der Waals surface area contributed by atoms with E-state index in [4.69, 9.17) is 0 Å². The highest BCUT2D eigenvalue weighted by atomic mass is 16.4. The highest BCUT2D eigenvalue weighted by Crippen LogP contribution is 1.82. The first-order chi connectivity index (χ1) is 4.30. The van der Waals surface area contributed by atoms with Crippen molar-refractivity contribution >= 4 is 5.97 Å². The van der Waals surface area contributed by atoms with Gasteiger partial charge in [-0.15, -0.1) is 0 Å². The number of carbonyl (C=O) groups is 1. The monoisotopic (exact) mass is 129 g/mol. The highest BCUT2D eigenvalue weighted by Gasteiger charge is 2.11. The van der Waals surface area contributed by atoms with Crippen LogP contribution in [0.5, 0.6) is 0 Å². The molecule has 0 aromatic carbocycles. The Labute approximate surface area is 53.2 Å². The third kappa shape index (κ3) is 1.65. The molecule has 0 bridgehead atoms. The summed E-state index contributed by atoms with van der Waals surface area (Å²) >= 11 is 0. The van der Waals surface area contributed by atoms with Crippen LogP contribution in [0.1, 0.15) is 0 Å². The molecule has 1 atom stereocenters. The Morgan fingerprint density at radius 1 is 1.56 bits per heavy atom. The summed E-state index contributed by atoms with van der Waals surface area (Å²) in [5.41, 5.74) is 0. The Morgan fingerprint density at radius 3 is 2.67 bits per heavy atom. The van der Waals surface area contributed by atoms with Gasteiger partial charge in [-0.3, -0.25) is 0 Å². The van der Waals surface area contributed by atoms with Crippen LogP contribution in [0.3, 0.4) is 0 Å². The predicted octanol–water partition coefficient (Wildman–Crippen LogP) is -2.70. The van der Waals surface area contributed by atoms with E-state index in [1.807, 2.05) is 0 Å². The molecule has 0 aromatic heterocycles. The highest BCUT2D eigenvalue weighted by molar-refractivity contribution is 5.71. The molecule has 4 heteroatoms. The largest absolute Gasteiger partial charge is 0.548 e. The number of carboxylic acid groups (broad SMARTS) is 1. The van der Waals surface area contributed by atoms with E-state index in [0.717, 1.165) is 6.54 Å². The van der Waals surface area contributed by atoms with E-state index in [2.05, 4.69) is 10.6 Å². The van der Waals surface area contributed by atoms with Gasteiger partial charge in [0.1, 0.15) is 0 Å². The molecular weight excluding hydrogens is 120 g/mol. The van der Waals surface area contributed by atoms with Crippen molar-refractivity contribution in [3.05, 3.63) is 0 Å². The van der Waals surface area contributed by atoms with E-state index >= 15 is 0 Å². The molecule has 4 nitrogen and oxygen atoms in total. The van der Waals surface area contributed by atoms with Gasteiger partial charge in [-0.25, -0.2) is 0 Å². The van der Waals surface area contributed by atoms with E-state index < -0.39 is 12.0 Å². The number of piperazine rings is 1. The van der Waals surface area contributed by atoms with Crippen molar-refractivity contribution in [2.45, 2.75) is 6.04 Å². The fourth-order valence-corrected chi connectivity index (χ4v) is 0.820. The molecule has 0 saturated carbocycles. The summed E-state index contributed by atoms with van der Waals surface area (Å²) in [6, 6.07) is -0.501. The van der Waals surface area contributed by atoms with Crippen LogP contribution in [0.15, 0.2) is 0 Å². The molecule has 0 radical (unpaired) electrons. The van der Waals surface area contributed by atoms with Gasteiger partial charge in [-0.05, 0) is 0 Å². The lowest BCUT2D eigenvalue weighted by molar-refractivity contribution is -0.308. The zero-order valence-corrected chi connectivity index (χ0v) is 5.02. The summed E-state index contributed by atoms with van der Waals surface area (Å²) in [6.45, 7) is 2.02. The number of hydrogen-bond donors (Lipinski definition) is 2. The van der Waals surface area contributed by atoms with Gasteiger partial charge < -0.3 is 20.5 Å². The van der Waals surface area contributed by atoms with Gasteiger partial charge in [-0.2, -0.15) is 0 Å². The summed E-state index contributed by atoms with van der Waals surface area (Å²) in [4.78, 5) is 10.1. The molecule has 1 heterocycles.